The molecule has 2 heteroatoms. The zero-order chi connectivity index (χ0) is 15.5. The Balaban J connectivity index is 1.96. The number of methoxy groups -OCH3 is 1. The predicted molar refractivity (Wildman–Crippen MR) is 89.4 cm³/mol. The Morgan fingerprint density at radius 2 is 1.82 bits per heavy atom. The SMILES string of the molecule is COc1ccc(/C=C2/CCCc3ccc(C)cc3C2=O)cc1. The Bertz CT molecular complexity index is 724. The summed E-state index contributed by atoms with van der Waals surface area (Å²) in [7, 11) is 1.65. The number of allylic oxidation sites excluding steroid dienone is 1. The minimum atomic E-state index is 0.173. The number of benzene rings is 2. The first-order chi connectivity index (χ1) is 10.7. The van der Waals surface area contributed by atoms with Crippen molar-refractivity contribution in [2.24, 2.45) is 0 Å². The molecule has 0 aromatic heterocycles. The van der Waals surface area contributed by atoms with E-state index >= 15 is 0 Å². The van der Waals surface area contributed by atoms with Crippen LogP contribution in [0.4, 0.5) is 0 Å². The average molecular weight is 292 g/mol. The molecule has 0 atom stereocenters. The topological polar surface area (TPSA) is 26.3 Å². The lowest BCUT2D eigenvalue weighted by Gasteiger charge is -2.07. The Hall–Kier alpha value is -2.35. The largest absolute Gasteiger partial charge is 0.497 e. The first-order valence-corrected chi connectivity index (χ1v) is 7.66. The van der Waals surface area contributed by atoms with Gasteiger partial charge in [0, 0.05) is 11.1 Å². The van der Waals surface area contributed by atoms with E-state index in [1.165, 1.54) is 5.56 Å². The fraction of sp³-hybridized carbons (Fsp3) is 0.250. The van der Waals surface area contributed by atoms with Crippen molar-refractivity contribution in [2.45, 2.75) is 26.2 Å². The van der Waals surface area contributed by atoms with Crippen LogP contribution in [0.15, 0.2) is 48.0 Å². The monoisotopic (exact) mass is 292 g/mol. The van der Waals surface area contributed by atoms with Crippen LogP contribution in [0.5, 0.6) is 5.75 Å². The van der Waals surface area contributed by atoms with Crippen molar-refractivity contribution in [1.82, 2.24) is 0 Å². The van der Waals surface area contributed by atoms with Gasteiger partial charge < -0.3 is 4.74 Å². The maximum atomic E-state index is 12.8. The molecule has 0 heterocycles. The molecule has 3 rings (SSSR count). The van der Waals surface area contributed by atoms with Gasteiger partial charge in [-0.3, -0.25) is 4.79 Å². The molecule has 0 saturated heterocycles. The number of hydrogen-bond donors (Lipinski definition) is 0. The second-order valence-electron chi connectivity index (χ2n) is 5.79. The third kappa shape index (κ3) is 2.96. The number of hydrogen-bond acceptors (Lipinski definition) is 2. The number of carbonyl (C=O) groups is 1. The summed E-state index contributed by atoms with van der Waals surface area (Å²) in [6.45, 7) is 2.03. The van der Waals surface area contributed by atoms with Gasteiger partial charge in [-0.15, -0.1) is 0 Å². The minimum absolute atomic E-state index is 0.173. The third-order valence-electron chi connectivity index (χ3n) is 4.15. The standard InChI is InChI=1S/C20H20O2/c1-14-6-9-16-4-3-5-17(20(21)19(16)12-14)13-15-7-10-18(22-2)11-8-15/h6-13H,3-5H2,1-2H3/b17-13-. The Kier molecular flexibility index (Phi) is 4.10. The van der Waals surface area contributed by atoms with Crippen LogP contribution in [0.25, 0.3) is 6.08 Å². The number of Topliss-reactive ketones (excluding diaryl/α,β-unsaturated/α-hetero) is 1. The van der Waals surface area contributed by atoms with Crippen molar-refractivity contribution in [3.05, 3.63) is 70.3 Å². The van der Waals surface area contributed by atoms with Crippen molar-refractivity contribution in [2.75, 3.05) is 7.11 Å². The molecule has 112 valence electrons. The van der Waals surface area contributed by atoms with Crippen LogP contribution < -0.4 is 4.74 Å². The normalized spacial score (nSPS) is 16.3. The van der Waals surface area contributed by atoms with Crippen molar-refractivity contribution in [3.8, 4) is 5.75 Å². The molecule has 2 nitrogen and oxygen atoms in total. The van der Waals surface area contributed by atoms with Crippen LogP contribution in [0.2, 0.25) is 0 Å². The second-order valence-corrected chi connectivity index (χ2v) is 5.79. The van der Waals surface area contributed by atoms with E-state index in [0.29, 0.717) is 0 Å². The fourth-order valence-corrected chi connectivity index (χ4v) is 2.91. The molecule has 22 heavy (non-hydrogen) atoms. The molecule has 1 aliphatic rings. The molecule has 0 bridgehead atoms. The molecule has 2 aromatic carbocycles. The highest BCUT2D eigenvalue weighted by Crippen LogP contribution is 2.27. The van der Waals surface area contributed by atoms with Gasteiger partial charge in [-0.1, -0.05) is 29.8 Å². The highest BCUT2D eigenvalue weighted by atomic mass is 16.5. The van der Waals surface area contributed by atoms with Crippen molar-refractivity contribution in [1.29, 1.82) is 0 Å². The summed E-state index contributed by atoms with van der Waals surface area (Å²) in [5, 5.41) is 0. The van der Waals surface area contributed by atoms with E-state index < -0.39 is 0 Å². The summed E-state index contributed by atoms with van der Waals surface area (Å²) in [5.74, 6) is 1.00. The van der Waals surface area contributed by atoms with E-state index in [0.717, 1.165) is 47.3 Å². The van der Waals surface area contributed by atoms with E-state index in [-0.39, 0.29) is 5.78 Å². The summed E-state index contributed by atoms with van der Waals surface area (Å²) in [5.41, 5.74) is 5.12. The van der Waals surface area contributed by atoms with Gasteiger partial charge in [-0.05, 0) is 61.6 Å². The Morgan fingerprint density at radius 1 is 1.05 bits per heavy atom. The average Bonchev–Trinajstić information content (AvgIpc) is 2.68. The summed E-state index contributed by atoms with van der Waals surface area (Å²) in [6.07, 6.45) is 4.84. The number of ketones is 1. The molecule has 0 amide bonds. The van der Waals surface area contributed by atoms with Crippen molar-refractivity contribution >= 4 is 11.9 Å². The van der Waals surface area contributed by atoms with Crippen LogP contribution in [0, 0.1) is 6.92 Å². The summed E-state index contributed by atoms with van der Waals surface area (Å²) in [6, 6.07) is 14.0. The van der Waals surface area contributed by atoms with Gasteiger partial charge in [0.25, 0.3) is 0 Å². The molecule has 0 aliphatic heterocycles. The summed E-state index contributed by atoms with van der Waals surface area (Å²) < 4.78 is 5.17. The lowest BCUT2D eigenvalue weighted by Crippen LogP contribution is -2.04. The van der Waals surface area contributed by atoms with Crippen LogP contribution >= 0.6 is 0 Å². The Morgan fingerprint density at radius 3 is 2.55 bits per heavy atom. The molecule has 0 unspecified atom stereocenters. The van der Waals surface area contributed by atoms with Gasteiger partial charge in [0.2, 0.25) is 0 Å². The molecule has 0 N–H and O–H groups in total. The molecule has 2 aromatic rings. The maximum Gasteiger partial charge on any atom is 0.189 e. The van der Waals surface area contributed by atoms with E-state index in [1.807, 2.05) is 43.3 Å². The smallest absolute Gasteiger partial charge is 0.189 e. The van der Waals surface area contributed by atoms with E-state index in [1.54, 1.807) is 7.11 Å². The molecule has 0 fully saturated rings. The lowest BCUT2D eigenvalue weighted by atomic mass is 9.97. The van der Waals surface area contributed by atoms with E-state index in [4.69, 9.17) is 4.74 Å². The van der Waals surface area contributed by atoms with Gasteiger partial charge in [-0.2, -0.15) is 0 Å². The first kappa shape index (κ1) is 14.6. The molecule has 1 aliphatic carbocycles. The predicted octanol–water partition coefficient (Wildman–Crippen LogP) is 4.61. The van der Waals surface area contributed by atoms with Gasteiger partial charge in [0.15, 0.2) is 5.78 Å². The molecular formula is C20H20O2. The van der Waals surface area contributed by atoms with Gasteiger partial charge in [-0.25, -0.2) is 0 Å². The van der Waals surface area contributed by atoms with E-state index in [9.17, 15) is 4.79 Å². The lowest BCUT2D eigenvalue weighted by molar-refractivity contribution is 0.103. The van der Waals surface area contributed by atoms with Crippen LogP contribution in [-0.4, -0.2) is 12.9 Å². The zero-order valence-electron chi connectivity index (χ0n) is 13.1. The fourth-order valence-electron chi connectivity index (χ4n) is 2.91. The van der Waals surface area contributed by atoms with Crippen molar-refractivity contribution in [3.63, 3.8) is 0 Å². The minimum Gasteiger partial charge on any atom is -0.497 e. The third-order valence-corrected chi connectivity index (χ3v) is 4.15. The van der Waals surface area contributed by atoms with Gasteiger partial charge in [0.05, 0.1) is 7.11 Å². The van der Waals surface area contributed by atoms with Gasteiger partial charge >= 0.3 is 0 Å². The van der Waals surface area contributed by atoms with Crippen LogP contribution in [0.3, 0.4) is 0 Å². The second kappa shape index (κ2) is 6.18. The maximum absolute atomic E-state index is 12.8. The highest BCUT2D eigenvalue weighted by Gasteiger charge is 2.19. The number of rotatable bonds is 2. The number of ether oxygens (including phenoxy) is 1. The van der Waals surface area contributed by atoms with Gasteiger partial charge in [0.1, 0.15) is 5.75 Å². The molecule has 0 spiro atoms. The molecule has 0 radical (unpaired) electrons. The first-order valence-electron chi connectivity index (χ1n) is 7.66. The van der Waals surface area contributed by atoms with E-state index in [2.05, 4.69) is 12.1 Å². The number of carbonyl (C=O) groups excluding carboxylic acids is 1. The quantitative estimate of drug-likeness (QED) is 0.597. The zero-order valence-corrected chi connectivity index (χ0v) is 13.1. The Labute approximate surface area is 131 Å². The van der Waals surface area contributed by atoms with Crippen LogP contribution in [-0.2, 0) is 6.42 Å². The molecular weight excluding hydrogens is 272 g/mol. The van der Waals surface area contributed by atoms with Crippen molar-refractivity contribution < 1.29 is 9.53 Å². The highest BCUT2D eigenvalue weighted by molar-refractivity contribution is 6.12. The molecule has 0 saturated carbocycles. The number of fused-ring (bicyclic) bond motifs is 1. The summed E-state index contributed by atoms with van der Waals surface area (Å²) in [4.78, 5) is 12.8. The van der Waals surface area contributed by atoms with Crippen LogP contribution in [0.1, 0.15) is 39.9 Å². The number of aryl methyl sites for hydroxylation is 2. The summed E-state index contributed by atoms with van der Waals surface area (Å²) >= 11 is 0.